The molecule has 1 atom stereocenters. The zero-order valence-electron chi connectivity index (χ0n) is 10.8. The standard InChI is InChI=1S/C12H22N2O4/c1-9(8-12(16)17)14-11(15)4-7-18-10-2-5-13-6-3-10/h9-10,13H,2-8H2,1H3,(H,14,15)(H,16,17). The topological polar surface area (TPSA) is 87.7 Å². The molecule has 104 valence electrons. The normalized spacial score (nSPS) is 18.3. The second-order valence-electron chi connectivity index (χ2n) is 4.64. The molecule has 0 radical (unpaired) electrons. The molecule has 1 aliphatic rings. The smallest absolute Gasteiger partial charge is 0.305 e. The number of hydrogen-bond donors (Lipinski definition) is 3. The summed E-state index contributed by atoms with van der Waals surface area (Å²) < 4.78 is 5.60. The Bertz CT molecular complexity index is 277. The van der Waals surface area contributed by atoms with Crippen molar-refractivity contribution in [2.75, 3.05) is 19.7 Å². The lowest BCUT2D eigenvalue weighted by Crippen LogP contribution is -2.36. The van der Waals surface area contributed by atoms with Gasteiger partial charge in [0.1, 0.15) is 0 Å². The van der Waals surface area contributed by atoms with E-state index in [-0.39, 0.29) is 30.9 Å². The minimum Gasteiger partial charge on any atom is -0.481 e. The average molecular weight is 258 g/mol. The highest BCUT2D eigenvalue weighted by Gasteiger charge is 2.14. The molecule has 1 unspecified atom stereocenters. The van der Waals surface area contributed by atoms with Gasteiger partial charge in [-0.15, -0.1) is 0 Å². The van der Waals surface area contributed by atoms with E-state index in [1.807, 2.05) is 0 Å². The number of carbonyl (C=O) groups is 2. The predicted molar refractivity (Wildman–Crippen MR) is 66.3 cm³/mol. The zero-order valence-corrected chi connectivity index (χ0v) is 10.8. The SMILES string of the molecule is CC(CC(=O)O)NC(=O)CCOC1CCNCC1. The Kier molecular flexibility index (Phi) is 6.67. The molecule has 0 saturated carbocycles. The van der Waals surface area contributed by atoms with Gasteiger partial charge < -0.3 is 20.5 Å². The number of nitrogens with one attached hydrogen (secondary N) is 2. The number of hydrogen-bond acceptors (Lipinski definition) is 4. The minimum atomic E-state index is -0.909. The lowest BCUT2D eigenvalue weighted by Gasteiger charge is -2.22. The molecule has 0 spiro atoms. The second kappa shape index (κ2) is 8.05. The van der Waals surface area contributed by atoms with Crippen molar-refractivity contribution in [2.45, 2.75) is 44.8 Å². The number of amides is 1. The van der Waals surface area contributed by atoms with Gasteiger partial charge in [-0.25, -0.2) is 0 Å². The highest BCUT2D eigenvalue weighted by Crippen LogP contribution is 2.07. The van der Waals surface area contributed by atoms with Crippen LogP contribution in [0.5, 0.6) is 0 Å². The summed E-state index contributed by atoms with van der Waals surface area (Å²) in [5.74, 6) is -1.06. The van der Waals surface area contributed by atoms with Crippen LogP contribution in [0.3, 0.4) is 0 Å². The molecule has 0 aromatic carbocycles. The Labute approximate surface area is 107 Å². The molecule has 6 heteroatoms. The van der Waals surface area contributed by atoms with Crippen LogP contribution in [0.25, 0.3) is 0 Å². The van der Waals surface area contributed by atoms with Gasteiger partial charge in [0.2, 0.25) is 5.91 Å². The summed E-state index contributed by atoms with van der Waals surface area (Å²) in [5, 5.41) is 14.4. The summed E-state index contributed by atoms with van der Waals surface area (Å²) in [4.78, 5) is 21.9. The molecule has 1 amide bonds. The molecule has 0 aromatic rings. The third-order valence-corrected chi connectivity index (χ3v) is 2.86. The zero-order chi connectivity index (χ0) is 13.4. The Morgan fingerprint density at radius 2 is 2.11 bits per heavy atom. The van der Waals surface area contributed by atoms with Gasteiger partial charge >= 0.3 is 5.97 Å². The summed E-state index contributed by atoms with van der Waals surface area (Å²) in [6.07, 6.45) is 2.44. The first-order valence-electron chi connectivity index (χ1n) is 6.41. The molecule has 0 aliphatic carbocycles. The molecular weight excluding hydrogens is 236 g/mol. The molecule has 18 heavy (non-hydrogen) atoms. The first-order valence-corrected chi connectivity index (χ1v) is 6.41. The van der Waals surface area contributed by atoms with Gasteiger partial charge in [0.25, 0.3) is 0 Å². The summed E-state index contributed by atoms with van der Waals surface area (Å²) in [6, 6.07) is -0.339. The van der Waals surface area contributed by atoms with Crippen LogP contribution in [-0.2, 0) is 14.3 Å². The van der Waals surface area contributed by atoms with Crippen molar-refractivity contribution in [3.63, 3.8) is 0 Å². The molecular formula is C12H22N2O4. The number of carboxylic acid groups (broad SMARTS) is 1. The number of carboxylic acids is 1. The van der Waals surface area contributed by atoms with Crippen molar-refractivity contribution < 1.29 is 19.4 Å². The van der Waals surface area contributed by atoms with Gasteiger partial charge in [-0.05, 0) is 32.9 Å². The van der Waals surface area contributed by atoms with Crippen molar-refractivity contribution >= 4 is 11.9 Å². The molecule has 0 aromatic heterocycles. The largest absolute Gasteiger partial charge is 0.481 e. The van der Waals surface area contributed by atoms with Crippen molar-refractivity contribution in [3.8, 4) is 0 Å². The first kappa shape index (κ1) is 14.9. The third kappa shape index (κ3) is 6.56. The van der Waals surface area contributed by atoms with Gasteiger partial charge in [-0.2, -0.15) is 0 Å². The van der Waals surface area contributed by atoms with Crippen LogP contribution in [0.2, 0.25) is 0 Å². The lowest BCUT2D eigenvalue weighted by molar-refractivity contribution is -0.137. The molecule has 0 bridgehead atoms. The fraction of sp³-hybridized carbons (Fsp3) is 0.833. The van der Waals surface area contributed by atoms with E-state index in [2.05, 4.69) is 10.6 Å². The van der Waals surface area contributed by atoms with E-state index >= 15 is 0 Å². The van der Waals surface area contributed by atoms with Crippen molar-refractivity contribution in [1.82, 2.24) is 10.6 Å². The van der Waals surface area contributed by atoms with Crippen molar-refractivity contribution in [3.05, 3.63) is 0 Å². The quantitative estimate of drug-likeness (QED) is 0.604. The van der Waals surface area contributed by atoms with Gasteiger partial charge in [-0.3, -0.25) is 9.59 Å². The van der Waals surface area contributed by atoms with Crippen LogP contribution in [0, 0.1) is 0 Å². The monoisotopic (exact) mass is 258 g/mol. The maximum absolute atomic E-state index is 11.5. The third-order valence-electron chi connectivity index (χ3n) is 2.86. The van der Waals surface area contributed by atoms with E-state index < -0.39 is 5.97 Å². The van der Waals surface area contributed by atoms with Crippen LogP contribution in [0.15, 0.2) is 0 Å². The van der Waals surface area contributed by atoms with E-state index in [1.165, 1.54) is 0 Å². The van der Waals surface area contributed by atoms with E-state index in [0.717, 1.165) is 25.9 Å². The number of aliphatic carboxylic acids is 1. The highest BCUT2D eigenvalue weighted by atomic mass is 16.5. The molecule has 3 N–H and O–H groups in total. The van der Waals surface area contributed by atoms with E-state index in [0.29, 0.717) is 6.61 Å². The first-order chi connectivity index (χ1) is 8.58. The number of ether oxygens (including phenoxy) is 1. The van der Waals surface area contributed by atoms with E-state index in [4.69, 9.17) is 9.84 Å². The summed E-state index contributed by atoms with van der Waals surface area (Å²) in [7, 11) is 0. The fourth-order valence-electron chi connectivity index (χ4n) is 1.94. The minimum absolute atomic E-state index is 0.0547. The fourth-order valence-corrected chi connectivity index (χ4v) is 1.94. The predicted octanol–water partition coefficient (Wildman–Crippen LogP) is 0.125. The Hall–Kier alpha value is -1.14. The van der Waals surface area contributed by atoms with E-state index in [1.54, 1.807) is 6.92 Å². The molecule has 1 saturated heterocycles. The molecule has 1 aliphatic heterocycles. The summed E-state index contributed by atoms with van der Waals surface area (Å²) in [6.45, 7) is 4.01. The van der Waals surface area contributed by atoms with Crippen LogP contribution in [-0.4, -0.2) is 48.8 Å². The Morgan fingerprint density at radius 1 is 1.44 bits per heavy atom. The molecule has 1 heterocycles. The summed E-state index contributed by atoms with van der Waals surface area (Å²) >= 11 is 0. The second-order valence-corrected chi connectivity index (χ2v) is 4.64. The summed E-state index contributed by atoms with van der Waals surface area (Å²) in [5.41, 5.74) is 0. The Morgan fingerprint density at radius 3 is 2.72 bits per heavy atom. The number of rotatable bonds is 7. The maximum atomic E-state index is 11.5. The van der Waals surface area contributed by atoms with E-state index in [9.17, 15) is 9.59 Å². The van der Waals surface area contributed by atoms with Crippen LogP contribution >= 0.6 is 0 Å². The van der Waals surface area contributed by atoms with Crippen LogP contribution < -0.4 is 10.6 Å². The maximum Gasteiger partial charge on any atom is 0.305 e. The van der Waals surface area contributed by atoms with Gasteiger partial charge in [0, 0.05) is 12.5 Å². The lowest BCUT2D eigenvalue weighted by atomic mass is 10.1. The van der Waals surface area contributed by atoms with Gasteiger partial charge in [0.15, 0.2) is 0 Å². The molecule has 1 fully saturated rings. The van der Waals surface area contributed by atoms with Crippen molar-refractivity contribution in [1.29, 1.82) is 0 Å². The van der Waals surface area contributed by atoms with Crippen LogP contribution in [0.4, 0.5) is 0 Å². The van der Waals surface area contributed by atoms with Gasteiger partial charge in [-0.1, -0.05) is 0 Å². The average Bonchev–Trinajstić information content (AvgIpc) is 2.29. The molecule has 6 nitrogen and oxygen atoms in total. The van der Waals surface area contributed by atoms with Gasteiger partial charge in [0.05, 0.1) is 19.1 Å². The van der Waals surface area contributed by atoms with Crippen molar-refractivity contribution in [2.24, 2.45) is 0 Å². The highest BCUT2D eigenvalue weighted by molar-refractivity contribution is 5.77. The van der Waals surface area contributed by atoms with Crippen LogP contribution in [0.1, 0.15) is 32.6 Å². The number of piperidine rings is 1. The molecule has 1 rings (SSSR count). The number of carbonyl (C=O) groups excluding carboxylic acids is 1. The Balaban J connectivity index is 2.07.